The predicted molar refractivity (Wildman–Crippen MR) is 123 cm³/mol. The van der Waals surface area contributed by atoms with E-state index in [1.54, 1.807) is 12.0 Å². The molecular weight excluding hydrogens is 402 g/mol. The normalized spacial score (nSPS) is 15.3. The molecule has 152 valence electrons. The monoisotopic (exact) mass is 427 g/mol. The van der Waals surface area contributed by atoms with Gasteiger partial charge < -0.3 is 9.47 Å². The first-order chi connectivity index (χ1) is 14.0. The van der Waals surface area contributed by atoms with E-state index in [0.717, 1.165) is 24.0 Å². The molecule has 1 heterocycles. The van der Waals surface area contributed by atoms with Crippen LogP contribution in [0, 0.1) is 6.92 Å². The van der Waals surface area contributed by atoms with E-state index in [1.807, 2.05) is 24.3 Å². The zero-order valence-corrected chi connectivity index (χ0v) is 18.6. The third-order valence-corrected chi connectivity index (χ3v) is 5.99. The Hall–Kier alpha value is -2.31. The lowest BCUT2D eigenvalue weighted by Crippen LogP contribution is -2.28. The molecule has 0 aliphatic carbocycles. The average molecular weight is 428 g/mol. The first-order valence-corrected chi connectivity index (χ1v) is 10.9. The lowest BCUT2D eigenvalue weighted by Gasteiger charge is -2.13. The van der Waals surface area contributed by atoms with Crippen LogP contribution in [-0.4, -0.2) is 28.8 Å². The molecule has 1 aliphatic rings. The smallest absolute Gasteiger partial charge is 0.266 e. The molecule has 1 amide bonds. The summed E-state index contributed by atoms with van der Waals surface area (Å²) in [5.41, 5.74) is 3.19. The number of methoxy groups -OCH3 is 1. The largest absolute Gasteiger partial charge is 0.493 e. The SMILES string of the molecule is CCCCN1C(=O)/C(=C\c2ccc(OCc3ccc(C)cc3)c(OC)c2)SC1=S. The first kappa shape index (κ1) is 21.4. The van der Waals surface area contributed by atoms with E-state index in [0.29, 0.717) is 33.9 Å². The van der Waals surface area contributed by atoms with Crippen molar-refractivity contribution in [1.29, 1.82) is 0 Å². The van der Waals surface area contributed by atoms with Crippen molar-refractivity contribution in [2.75, 3.05) is 13.7 Å². The fourth-order valence-corrected chi connectivity index (χ4v) is 4.21. The van der Waals surface area contributed by atoms with Crippen LogP contribution in [0.2, 0.25) is 0 Å². The van der Waals surface area contributed by atoms with Crippen LogP contribution in [0.5, 0.6) is 11.5 Å². The highest BCUT2D eigenvalue weighted by atomic mass is 32.2. The molecular formula is C23H25NO3S2. The van der Waals surface area contributed by atoms with Gasteiger partial charge in [-0.15, -0.1) is 0 Å². The Labute approximate surface area is 181 Å². The minimum Gasteiger partial charge on any atom is -0.493 e. The van der Waals surface area contributed by atoms with E-state index in [2.05, 4.69) is 38.1 Å². The van der Waals surface area contributed by atoms with Gasteiger partial charge >= 0.3 is 0 Å². The van der Waals surface area contributed by atoms with E-state index in [9.17, 15) is 4.79 Å². The molecule has 0 spiro atoms. The van der Waals surface area contributed by atoms with Crippen LogP contribution in [0.3, 0.4) is 0 Å². The number of thiocarbonyl (C=S) groups is 1. The number of ether oxygens (including phenoxy) is 2. The molecule has 1 aliphatic heterocycles. The molecule has 0 aromatic heterocycles. The van der Waals surface area contributed by atoms with Crippen molar-refractivity contribution in [3.05, 3.63) is 64.1 Å². The number of amides is 1. The fourth-order valence-electron chi connectivity index (χ4n) is 2.90. The number of hydrogen-bond donors (Lipinski definition) is 0. The van der Waals surface area contributed by atoms with Gasteiger partial charge in [-0.2, -0.15) is 0 Å². The van der Waals surface area contributed by atoms with E-state index in [4.69, 9.17) is 21.7 Å². The van der Waals surface area contributed by atoms with Crippen LogP contribution in [-0.2, 0) is 11.4 Å². The highest BCUT2D eigenvalue weighted by Gasteiger charge is 2.31. The third-order valence-electron chi connectivity index (χ3n) is 4.61. The number of carbonyl (C=O) groups excluding carboxylic acids is 1. The summed E-state index contributed by atoms with van der Waals surface area (Å²) in [5, 5.41) is 0. The Balaban J connectivity index is 1.73. The van der Waals surface area contributed by atoms with Crippen molar-refractivity contribution >= 4 is 40.3 Å². The van der Waals surface area contributed by atoms with E-state index in [1.165, 1.54) is 17.3 Å². The molecule has 1 saturated heterocycles. The number of unbranched alkanes of at least 4 members (excludes halogenated alkanes) is 1. The lowest BCUT2D eigenvalue weighted by molar-refractivity contribution is -0.122. The van der Waals surface area contributed by atoms with Crippen molar-refractivity contribution in [3.63, 3.8) is 0 Å². The van der Waals surface area contributed by atoms with Crippen LogP contribution in [0.4, 0.5) is 0 Å². The minimum absolute atomic E-state index is 0.0212. The number of nitrogens with zero attached hydrogens (tertiary/aromatic N) is 1. The summed E-state index contributed by atoms with van der Waals surface area (Å²) in [6.45, 7) is 5.30. The van der Waals surface area contributed by atoms with Crippen molar-refractivity contribution in [1.82, 2.24) is 4.90 Å². The van der Waals surface area contributed by atoms with Gasteiger partial charge in [0.15, 0.2) is 11.5 Å². The average Bonchev–Trinajstić information content (AvgIpc) is 2.99. The first-order valence-electron chi connectivity index (χ1n) is 9.63. The molecule has 2 aromatic rings. The topological polar surface area (TPSA) is 38.8 Å². The van der Waals surface area contributed by atoms with Crippen LogP contribution in [0.25, 0.3) is 6.08 Å². The lowest BCUT2D eigenvalue weighted by atomic mass is 10.1. The summed E-state index contributed by atoms with van der Waals surface area (Å²) in [5.74, 6) is 1.28. The Morgan fingerprint density at radius 3 is 2.59 bits per heavy atom. The predicted octanol–water partition coefficient (Wildman–Crippen LogP) is 5.58. The second kappa shape index (κ2) is 9.94. The Morgan fingerprint density at radius 1 is 1.14 bits per heavy atom. The van der Waals surface area contributed by atoms with Crippen LogP contribution >= 0.6 is 24.0 Å². The van der Waals surface area contributed by atoms with Gasteiger partial charge in [0.25, 0.3) is 5.91 Å². The number of aryl methyl sites for hydroxylation is 1. The summed E-state index contributed by atoms with van der Waals surface area (Å²) in [4.78, 5) is 15.0. The van der Waals surface area contributed by atoms with E-state index >= 15 is 0 Å². The molecule has 6 heteroatoms. The molecule has 0 radical (unpaired) electrons. The minimum atomic E-state index is -0.0212. The van der Waals surface area contributed by atoms with E-state index < -0.39 is 0 Å². The second-order valence-electron chi connectivity index (χ2n) is 6.87. The van der Waals surface area contributed by atoms with Gasteiger partial charge in [0.05, 0.1) is 12.0 Å². The van der Waals surface area contributed by atoms with Crippen molar-refractivity contribution in [3.8, 4) is 11.5 Å². The molecule has 0 bridgehead atoms. The Morgan fingerprint density at radius 2 is 1.90 bits per heavy atom. The number of hydrogen-bond acceptors (Lipinski definition) is 5. The maximum absolute atomic E-state index is 12.6. The number of carbonyl (C=O) groups is 1. The maximum atomic E-state index is 12.6. The number of benzene rings is 2. The van der Waals surface area contributed by atoms with Gasteiger partial charge in [-0.25, -0.2) is 0 Å². The molecule has 4 nitrogen and oxygen atoms in total. The van der Waals surface area contributed by atoms with Crippen LogP contribution in [0.15, 0.2) is 47.4 Å². The van der Waals surface area contributed by atoms with Crippen molar-refractivity contribution < 1.29 is 14.3 Å². The van der Waals surface area contributed by atoms with Gasteiger partial charge in [0, 0.05) is 6.54 Å². The molecule has 3 rings (SSSR count). The van der Waals surface area contributed by atoms with Gasteiger partial charge in [0.1, 0.15) is 10.9 Å². The Kier molecular flexibility index (Phi) is 7.34. The Bertz CT molecular complexity index is 922. The van der Waals surface area contributed by atoms with Gasteiger partial charge in [0.2, 0.25) is 0 Å². The summed E-state index contributed by atoms with van der Waals surface area (Å²) >= 11 is 6.72. The van der Waals surface area contributed by atoms with Gasteiger partial charge in [-0.3, -0.25) is 9.69 Å². The fraction of sp³-hybridized carbons (Fsp3) is 0.304. The van der Waals surface area contributed by atoms with E-state index in [-0.39, 0.29) is 5.91 Å². The number of thioether (sulfide) groups is 1. The quantitative estimate of drug-likeness (QED) is 0.406. The second-order valence-corrected chi connectivity index (χ2v) is 8.55. The molecule has 0 saturated carbocycles. The zero-order valence-electron chi connectivity index (χ0n) is 16.9. The molecule has 2 aromatic carbocycles. The van der Waals surface area contributed by atoms with Crippen molar-refractivity contribution in [2.24, 2.45) is 0 Å². The highest BCUT2D eigenvalue weighted by molar-refractivity contribution is 8.26. The van der Waals surface area contributed by atoms with Crippen LogP contribution < -0.4 is 9.47 Å². The zero-order chi connectivity index (χ0) is 20.8. The molecule has 0 N–H and O–H groups in total. The third kappa shape index (κ3) is 5.40. The summed E-state index contributed by atoms with van der Waals surface area (Å²) in [6.07, 6.45) is 3.83. The summed E-state index contributed by atoms with van der Waals surface area (Å²) in [6, 6.07) is 13.9. The number of rotatable bonds is 8. The molecule has 29 heavy (non-hydrogen) atoms. The molecule has 1 fully saturated rings. The van der Waals surface area contributed by atoms with Crippen molar-refractivity contribution in [2.45, 2.75) is 33.3 Å². The van der Waals surface area contributed by atoms with Gasteiger partial charge in [-0.1, -0.05) is 73.2 Å². The maximum Gasteiger partial charge on any atom is 0.266 e. The standard InChI is InChI=1S/C23H25NO3S2/c1-4-5-12-24-22(25)21(29-23(24)28)14-18-10-11-19(20(13-18)26-3)27-15-17-8-6-16(2)7-9-17/h6-11,13-14H,4-5,12,15H2,1-3H3/b21-14+. The van der Waals surface area contributed by atoms with Crippen LogP contribution in [0.1, 0.15) is 36.5 Å². The summed E-state index contributed by atoms with van der Waals surface area (Å²) in [7, 11) is 1.61. The highest BCUT2D eigenvalue weighted by Crippen LogP contribution is 2.35. The van der Waals surface area contributed by atoms with Gasteiger partial charge in [-0.05, 0) is 42.7 Å². The molecule has 0 atom stereocenters. The molecule has 0 unspecified atom stereocenters. The summed E-state index contributed by atoms with van der Waals surface area (Å²) < 4.78 is 12.1.